The molecule has 66 valence electrons. The van der Waals surface area contributed by atoms with E-state index in [1.807, 2.05) is 25.1 Å². The number of oxazole rings is 1. The van der Waals surface area contributed by atoms with Gasteiger partial charge in [0.25, 0.3) is 0 Å². The maximum absolute atomic E-state index is 5.70. The van der Waals surface area contributed by atoms with Gasteiger partial charge in [0, 0.05) is 11.3 Å². The zero-order valence-corrected chi connectivity index (χ0v) is 7.32. The van der Waals surface area contributed by atoms with Crippen LogP contribution in [0.2, 0.25) is 0 Å². The summed E-state index contributed by atoms with van der Waals surface area (Å²) in [6.45, 7) is 1.97. The highest BCUT2D eigenvalue weighted by Gasteiger charge is 2.02. The van der Waals surface area contributed by atoms with Crippen LogP contribution in [0.5, 0.6) is 0 Å². The van der Waals surface area contributed by atoms with Gasteiger partial charge in [-0.1, -0.05) is 0 Å². The van der Waals surface area contributed by atoms with Crippen LogP contribution in [0.25, 0.3) is 11.3 Å². The molecule has 3 heteroatoms. The number of nitrogen functional groups attached to an aromatic ring is 1. The van der Waals surface area contributed by atoms with Gasteiger partial charge in [-0.15, -0.1) is 0 Å². The maximum atomic E-state index is 5.70. The van der Waals surface area contributed by atoms with E-state index in [0.717, 1.165) is 22.6 Å². The molecule has 0 radical (unpaired) electrons. The lowest BCUT2D eigenvalue weighted by molar-refractivity contribution is 0.572. The first-order chi connectivity index (χ1) is 6.27. The van der Waals surface area contributed by atoms with Gasteiger partial charge in [0.2, 0.25) is 0 Å². The lowest BCUT2D eigenvalue weighted by Gasteiger charge is -2.01. The second kappa shape index (κ2) is 2.94. The van der Waals surface area contributed by atoms with Crippen LogP contribution in [0.3, 0.4) is 0 Å². The Kier molecular flexibility index (Phi) is 1.77. The Morgan fingerprint density at radius 3 is 2.85 bits per heavy atom. The molecule has 0 saturated carbocycles. The Bertz CT molecular complexity index is 407. The van der Waals surface area contributed by atoms with E-state index in [1.165, 1.54) is 6.39 Å². The highest BCUT2D eigenvalue weighted by atomic mass is 16.3. The molecular formula is C10H10N2O. The molecule has 0 atom stereocenters. The highest BCUT2D eigenvalue weighted by Crippen LogP contribution is 2.22. The molecule has 3 nitrogen and oxygen atoms in total. The number of hydrogen-bond acceptors (Lipinski definition) is 3. The first-order valence-electron chi connectivity index (χ1n) is 4.02. The molecule has 0 aliphatic rings. The molecule has 0 aliphatic carbocycles. The molecule has 0 amide bonds. The lowest BCUT2D eigenvalue weighted by Crippen LogP contribution is -1.88. The van der Waals surface area contributed by atoms with Crippen molar-refractivity contribution < 1.29 is 4.42 Å². The molecule has 1 aromatic carbocycles. The van der Waals surface area contributed by atoms with Crippen LogP contribution < -0.4 is 5.73 Å². The van der Waals surface area contributed by atoms with E-state index in [9.17, 15) is 0 Å². The summed E-state index contributed by atoms with van der Waals surface area (Å²) in [7, 11) is 0. The monoisotopic (exact) mass is 174 g/mol. The summed E-state index contributed by atoms with van der Waals surface area (Å²) in [5.41, 5.74) is 8.54. The van der Waals surface area contributed by atoms with Gasteiger partial charge in [0.1, 0.15) is 0 Å². The van der Waals surface area contributed by atoms with E-state index in [0.29, 0.717) is 0 Å². The average Bonchev–Trinajstić information content (AvgIpc) is 2.62. The van der Waals surface area contributed by atoms with E-state index >= 15 is 0 Å². The second-order valence-corrected chi connectivity index (χ2v) is 2.94. The third-order valence-electron chi connectivity index (χ3n) is 1.99. The predicted molar refractivity (Wildman–Crippen MR) is 51.1 cm³/mol. The number of aromatic nitrogens is 1. The fraction of sp³-hybridized carbons (Fsp3) is 0.100. The van der Waals surface area contributed by atoms with Gasteiger partial charge < -0.3 is 10.2 Å². The molecule has 1 heterocycles. The minimum atomic E-state index is 0.767. The van der Waals surface area contributed by atoms with E-state index in [4.69, 9.17) is 10.2 Å². The molecular weight excluding hydrogens is 164 g/mol. The fourth-order valence-electron chi connectivity index (χ4n) is 1.19. The summed E-state index contributed by atoms with van der Waals surface area (Å²) in [6.07, 6.45) is 3.10. The van der Waals surface area contributed by atoms with Gasteiger partial charge in [-0.25, -0.2) is 4.98 Å². The van der Waals surface area contributed by atoms with Crippen LogP contribution in [0, 0.1) is 6.92 Å². The molecule has 0 saturated heterocycles. The third kappa shape index (κ3) is 1.40. The Labute approximate surface area is 76.2 Å². The summed E-state index contributed by atoms with van der Waals surface area (Å²) < 4.78 is 5.16. The van der Waals surface area contributed by atoms with Crippen LogP contribution in [0.1, 0.15) is 5.56 Å². The van der Waals surface area contributed by atoms with Crippen molar-refractivity contribution in [2.75, 3.05) is 5.73 Å². The number of hydrogen-bond donors (Lipinski definition) is 1. The molecule has 0 aliphatic heterocycles. The molecule has 0 fully saturated rings. The number of benzene rings is 1. The zero-order valence-electron chi connectivity index (χ0n) is 7.32. The first kappa shape index (κ1) is 7.86. The summed E-state index contributed by atoms with van der Waals surface area (Å²) in [5.74, 6) is 0.767. The van der Waals surface area contributed by atoms with Crippen molar-refractivity contribution >= 4 is 5.69 Å². The zero-order chi connectivity index (χ0) is 9.26. The third-order valence-corrected chi connectivity index (χ3v) is 1.99. The van der Waals surface area contributed by atoms with E-state index in [-0.39, 0.29) is 0 Å². The molecule has 0 spiro atoms. The van der Waals surface area contributed by atoms with Crippen LogP contribution in [-0.2, 0) is 0 Å². The molecule has 2 rings (SSSR count). The van der Waals surface area contributed by atoms with Gasteiger partial charge in [0.05, 0.1) is 6.20 Å². The number of rotatable bonds is 1. The van der Waals surface area contributed by atoms with Crippen molar-refractivity contribution in [3.05, 3.63) is 36.4 Å². The molecule has 0 unspecified atom stereocenters. The van der Waals surface area contributed by atoms with E-state index in [1.54, 1.807) is 6.20 Å². The van der Waals surface area contributed by atoms with Gasteiger partial charge in [-0.05, 0) is 30.7 Å². The average molecular weight is 174 g/mol. The standard InChI is InChI=1S/C10H10N2O/c1-7-4-8(2-3-9(7)11)10-5-12-6-13-10/h2-6H,11H2,1H3. The van der Waals surface area contributed by atoms with Gasteiger partial charge in [-0.2, -0.15) is 0 Å². The summed E-state index contributed by atoms with van der Waals surface area (Å²) >= 11 is 0. The number of nitrogens with zero attached hydrogens (tertiary/aromatic N) is 1. The van der Waals surface area contributed by atoms with Crippen molar-refractivity contribution in [2.24, 2.45) is 0 Å². The maximum Gasteiger partial charge on any atom is 0.181 e. The van der Waals surface area contributed by atoms with Crippen LogP contribution in [0.15, 0.2) is 35.2 Å². The van der Waals surface area contributed by atoms with E-state index < -0.39 is 0 Å². The number of aryl methyl sites for hydroxylation is 1. The van der Waals surface area contributed by atoms with Crippen LogP contribution in [-0.4, -0.2) is 4.98 Å². The Morgan fingerprint density at radius 1 is 1.38 bits per heavy atom. The molecule has 0 bridgehead atoms. The molecule has 2 N–H and O–H groups in total. The summed E-state index contributed by atoms with van der Waals surface area (Å²) in [5, 5.41) is 0. The number of anilines is 1. The lowest BCUT2D eigenvalue weighted by atomic mass is 10.1. The van der Waals surface area contributed by atoms with Gasteiger partial charge >= 0.3 is 0 Å². The summed E-state index contributed by atoms with van der Waals surface area (Å²) in [4.78, 5) is 3.85. The largest absolute Gasteiger partial charge is 0.444 e. The topological polar surface area (TPSA) is 52.0 Å². The van der Waals surface area contributed by atoms with E-state index in [2.05, 4.69) is 4.98 Å². The van der Waals surface area contributed by atoms with Crippen molar-refractivity contribution in [2.45, 2.75) is 6.92 Å². The van der Waals surface area contributed by atoms with Crippen molar-refractivity contribution in [1.82, 2.24) is 4.98 Å². The van der Waals surface area contributed by atoms with Crippen molar-refractivity contribution in [1.29, 1.82) is 0 Å². The second-order valence-electron chi connectivity index (χ2n) is 2.94. The van der Waals surface area contributed by atoms with Gasteiger partial charge in [-0.3, -0.25) is 0 Å². The van der Waals surface area contributed by atoms with Crippen LogP contribution in [0.4, 0.5) is 5.69 Å². The Balaban J connectivity index is 2.49. The fourth-order valence-corrected chi connectivity index (χ4v) is 1.19. The molecule has 1 aromatic heterocycles. The first-order valence-corrected chi connectivity index (χ1v) is 4.02. The quantitative estimate of drug-likeness (QED) is 0.674. The molecule has 2 aromatic rings. The number of nitrogens with two attached hydrogens (primary N) is 1. The predicted octanol–water partition coefficient (Wildman–Crippen LogP) is 2.23. The van der Waals surface area contributed by atoms with Gasteiger partial charge in [0.15, 0.2) is 12.2 Å². The van der Waals surface area contributed by atoms with Crippen molar-refractivity contribution in [3.8, 4) is 11.3 Å². The SMILES string of the molecule is Cc1cc(-c2cnco2)ccc1N. The normalized spacial score (nSPS) is 10.2. The Morgan fingerprint density at radius 2 is 2.23 bits per heavy atom. The Hall–Kier alpha value is -1.77. The minimum absolute atomic E-state index is 0.767. The van der Waals surface area contributed by atoms with Crippen molar-refractivity contribution in [3.63, 3.8) is 0 Å². The highest BCUT2D eigenvalue weighted by molar-refractivity contribution is 5.62. The smallest absolute Gasteiger partial charge is 0.181 e. The summed E-state index contributed by atoms with van der Waals surface area (Å²) in [6, 6.07) is 5.77. The minimum Gasteiger partial charge on any atom is -0.444 e. The van der Waals surface area contributed by atoms with Crippen LogP contribution >= 0.6 is 0 Å². The molecule has 13 heavy (non-hydrogen) atoms.